The summed E-state index contributed by atoms with van der Waals surface area (Å²) >= 11 is 2.06. The van der Waals surface area contributed by atoms with Gasteiger partial charge in [-0.3, -0.25) is 0 Å². The third-order valence-corrected chi connectivity index (χ3v) is 5.68. The Balaban J connectivity index is 1.46. The van der Waals surface area contributed by atoms with Gasteiger partial charge in [-0.15, -0.1) is 11.8 Å². The summed E-state index contributed by atoms with van der Waals surface area (Å²) in [7, 11) is 0. The third kappa shape index (κ3) is 2.92. The normalized spacial score (nSPS) is 31.3. The lowest BCUT2D eigenvalue weighted by Gasteiger charge is -2.27. The van der Waals surface area contributed by atoms with E-state index in [9.17, 15) is 0 Å². The van der Waals surface area contributed by atoms with Crippen molar-refractivity contribution in [2.45, 2.75) is 55.2 Å². The van der Waals surface area contributed by atoms with Gasteiger partial charge in [0.15, 0.2) is 0 Å². The van der Waals surface area contributed by atoms with Crippen molar-refractivity contribution in [1.29, 1.82) is 0 Å². The summed E-state index contributed by atoms with van der Waals surface area (Å²) in [6, 6.07) is 9.65. The number of thioether (sulfide) groups is 1. The van der Waals surface area contributed by atoms with E-state index in [1.54, 1.807) is 5.56 Å². The molecule has 0 spiro atoms. The van der Waals surface area contributed by atoms with Crippen LogP contribution in [0.25, 0.3) is 0 Å². The Labute approximate surface area is 115 Å². The molecule has 1 N–H and O–H groups in total. The van der Waals surface area contributed by atoms with Gasteiger partial charge in [0.25, 0.3) is 0 Å². The Morgan fingerprint density at radius 1 is 1.17 bits per heavy atom. The highest BCUT2D eigenvalue weighted by Gasteiger charge is 2.23. The summed E-state index contributed by atoms with van der Waals surface area (Å²) < 4.78 is 0. The van der Waals surface area contributed by atoms with Gasteiger partial charge in [0, 0.05) is 22.7 Å². The predicted molar refractivity (Wildman–Crippen MR) is 79.2 cm³/mol. The Kier molecular flexibility index (Phi) is 3.95. The van der Waals surface area contributed by atoms with Gasteiger partial charge in [0.1, 0.15) is 0 Å². The lowest BCUT2D eigenvalue weighted by atomic mass is 9.87. The largest absolute Gasteiger partial charge is 0.313 e. The minimum atomic E-state index is 0.752. The number of fused-ring (bicyclic) bond motifs is 1. The van der Waals surface area contributed by atoms with Gasteiger partial charge in [-0.25, -0.2) is 0 Å². The fourth-order valence-corrected chi connectivity index (χ4v) is 4.39. The average Bonchev–Trinajstić information content (AvgIpc) is 2.81. The van der Waals surface area contributed by atoms with Crippen molar-refractivity contribution in [3.63, 3.8) is 0 Å². The van der Waals surface area contributed by atoms with Crippen LogP contribution in [0.3, 0.4) is 0 Å². The Hall–Kier alpha value is -0.470. The lowest BCUT2D eigenvalue weighted by Crippen LogP contribution is -2.36. The zero-order valence-corrected chi connectivity index (χ0v) is 12.0. The van der Waals surface area contributed by atoms with Crippen LogP contribution in [0.2, 0.25) is 0 Å². The molecular weight excluding hydrogens is 238 g/mol. The Bertz CT molecular complexity index is 371. The second kappa shape index (κ2) is 5.66. The van der Waals surface area contributed by atoms with Crippen LogP contribution in [0.5, 0.6) is 0 Å². The van der Waals surface area contributed by atoms with Crippen LogP contribution in [0.1, 0.15) is 38.2 Å². The fourth-order valence-electron chi connectivity index (χ4n) is 3.13. The fraction of sp³-hybridized carbons (Fsp3) is 0.625. The molecule has 1 aromatic rings. The van der Waals surface area contributed by atoms with E-state index in [0.717, 1.165) is 17.2 Å². The highest BCUT2D eigenvalue weighted by Crippen LogP contribution is 2.36. The first-order valence-corrected chi connectivity index (χ1v) is 8.17. The van der Waals surface area contributed by atoms with Crippen molar-refractivity contribution in [2.75, 3.05) is 6.54 Å². The van der Waals surface area contributed by atoms with E-state index in [4.69, 9.17) is 0 Å². The average molecular weight is 261 g/mol. The molecule has 0 saturated heterocycles. The summed E-state index contributed by atoms with van der Waals surface area (Å²) in [5.74, 6) is 0.952. The van der Waals surface area contributed by atoms with E-state index >= 15 is 0 Å². The van der Waals surface area contributed by atoms with E-state index < -0.39 is 0 Å². The summed E-state index contributed by atoms with van der Waals surface area (Å²) in [5.41, 5.74) is 1.55. The van der Waals surface area contributed by atoms with Gasteiger partial charge in [0.2, 0.25) is 0 Å². The van der Waals surface area contributed by atoms with Crippen molar-refractivity contribution >= 4 is 11.8 Å². The SMILES string of the molecule is CC1CCC(NCC2Cc3ccccc3S2)CC1. The van der Waals surface area contributed by atoms with Crippen LogP contribution < -0.4 is 5.32 Å². The van der Waals surface area contributed by atoms with E-state index in [-0.39, 0.29) is 0 Å². The van der Waals surface area contributed by atoms with Crippen LogP contribution in [0.4, 0.5) is 0 Å². The number of benzene rings is 1. The molecule has 1 heterocycles. The van der Waals surface area contributed by atoms with Crippen LogP contribution in [0, 0.1) is 5.92 Å². The third-order valence-electron chi connectivity index (χ3n) is 4.36. The maximum Gasteiger partial charge on any atom is 0.0260 e. The molecule has 98 valence electrons. The van der Waals surface area contributed by atoms with Gasteiger partial charge in [-0.05, 0) is 49.7 Å². The molecular formula is C16H23NS. The molecule has 1 nitrogen and oxygen atoms in total. The Morgan fingerprint density at radius 2 is 1.94 bits per heavy atom. The van der Waals surface area contributed by atoms with Gasteiger partial charge in [0.05, 0.1) is 0 Å². The molecule has 2 aliphatic rings. The van der Waals surface area contributed by atoms with Crippen molar-refractivity contribution < 1.29 is 0 Å². The van der Waals surface area contributed by atoms with E-state index in [1.165, 1.54) is 43.5 Å². The Morgan fingerprint density at radius 3 is 2.72 bits per heavy atom. The molecule has 0 amide bonds. The molecule has 1 saturated carbocycles. The first-order valence-electron chi connectivity index (χ1n) is 7.29. The van der Waals surface area contributed by atoms with Crippen LogP contribution in [-0.2, 0) is 6.42 Å². The van der Waals surface area contributed by atoms with E-state index in [1.807, 2.05) is 0 Å². The first kappa shape index (κ1) is 12.6. The number of rotatable bonds is 3. The molecule has 1 aliphatic heterocycles. The minimum Gasteiger partial charge on any atom is -0.313 e. The van der Waals surface area contributed by atoms with Crippen molar-refractivity contribution in [3.8, 4) is 0 Å². The lowest BCUT2D eigenvalue weighted by molar-refractivity contribution is 0.308. The molecule has 1 aromatic carbocycles. The molecule has 1 fully saturated rings. The van der Waals surface area contributed by atoms with E-state index in [0.29, 0.717) is 0 Å². The molecule has 0 radical (unpaired) electrons. The van der Waals surface area contributed by atoms with Crippen LogP contribution in [0.15, 0.2) is 29.2 Å². The maximum absolute atomic E-state index is 3.80. The maximum atomic E-state index is 3.80. The second-order valence-electron chi connectivity index (χ2n) is 5.92. The standard InChI is InChI=1S/C16H23NS/c1-12-6-8-14(9-7-12)17-11-15-10-13-4-2-3-5-16(13)18-15/h2-5,12,14-15,17H,6-11H2,1H3. The molecule has 1 atom stereocenters. The van der Waals surface area contributed by atoms with Gasteiger partial charge in [-0.1, -0.05) is 25.1 Å². The van der Waals surface area contributed by atoms with Crippen LogP contribution >= 0.6 is 11.8 Å². The molecule has 0 aromatic heterocycles. The van der Waals surface area contributed by atoms with Gasteiger partial charge >= 0.3 is 0 Å². The molecule has 2 heteroatoms. The zero-order valence-electron chi connectivity index (χ0n) is 11.2. The summed E-state index contributed by atoms with van der Waals surface area (Å²) in [6.45, 7) is 3.57. The quantitative estimate of drug-likeness (QED) is 0.886. The number of hydrogen-bond donors (Lipinski definition) is 1. The van der Waals surface area contributed by atoms with Crippen molar-refractivity contribution in [3.05, 3.63) is 29.8 Å². The topological polar surface area (TPSA) is 12.0 Å². The molecule has 1 aliphatic carbocycles. The smallest absolute Gasteiger partial charge is 0.0260 e. The first-order chi connectivity index (χ1) is 8.81. The molecule has 3 rings (SSSR count). The minimum absolute atomic E-state index is 0.752. The zero-order chi connectivity index (χ0) is 12.4. The van der Waals surface area contributed by atoms with Crippen LogP contribution in [-0.4, -0.2) is 17.8 Å². The van der Waals surface area contributed by atoms with Gasteiger partial charge in [-0.2, -0.15) is 0 Å². The monoisotopic (exact) mass is 261 g/mol. The molecule has 0 bridgehead atoms. The molecule has 18 heavy (non-hydrogen) atoms. The van der Waals surface area contributed by atoms with Crippen molar-refractivity contribution in [1.82, 2.24) is 5.32 Å². The second-order valence-corrected chi connectivity index (χ2v) is 7.26. The highest BCUT2D eigenvalue weighted by molar-refractivity contribution is 8.00. The molecule has 1 unspecified atom stereocenters. The van der Waals surface area contributed by atoms with E-state index in [2.05, 4.69) is 48.3 Å². The number of nitrogens with one attached hydrogen (secondary N) is 1. The highest BCUT2D eigenvalue weighted by atomic mass is 32.2. The van der Waals surface area contributed by atoms with Gasteiger partial charge < -0.3 is 5.32 Å². The summed E-state index contributed by atoms with van der Waals surface area (Å²) in [4.78, 5) is 1.50. The predicted octanol–water partition coefficient (Wildman–Crippen LogP) is 3.87. The summed E-state index contributed by atoms with van der Waals surface area (Å²) in [6.07, 6.45) is 6.83. The number of hydrogen-bond acceptors (Lipinski definition) is 2. The van der Waals surface area contributed by atoms with Crippen molar-refractivity contribution in [2.24, 2.45) is 5.92 Å². The summed E-state index contributed by atoms with van der Waals surface area (Å²) in [5, 5.41) is 4.55.